The van der Waals surface area contributed by atoms with Gasteiger partial charge in [0.25, 0.3) is 0 Å². The van der Waals surface area contributed by atoms with E-state index in [1.807, 2.05) is 27.7 Å². The summed E-state index contributed by atoms with van der Waals surface area (Å²) < 4.78 is 1.56. The highest BCUT2D eigenvalue weighted by Crippen LogP contribution is 2.30. The monoisotopic (exact) mass is 243 g/mol. The lowest BCUT2D eigenvalue weighted by molar-refractivity contribution is 0.0694. The second-order valence-corrected chi connectivity index (χ2v) is 5.64. The molecule has 1 aromatic rings. The van der Waals surface area contributed by atoms with Crippen LogP contribution in [0.5, 0.6) is 0 Å². The van der Waals surface area contributed by atoms with Gasteiger partial charge in [0.05, 0.1) is 5.54 Å². The summed E-state index contributed by atoms with van der Waals surface area (Å²) in [6.07, 6.45) is 0. The summed E-state index contributed by atoms with van der Waals surface area (Å²) in [5.41, 5.74) is 5.62. The molecule has 0 bridgehead atoms. The zero-order valence-electron chi connectivity index (χ0n) is 9.94. The molecular formula is C10H17N3O2S. The van der Waals surface area contributed by atoms with Crippen molar-refractivity contribution in [2.45, 2.75) is 38.3 Å². The van der Waals surface area contributed by atoms with E-state index in [2.05, 4.69) is 5.10 Å². The number of thioether (sulfide) groups is 1. The van der Waals surface area contributed by atoms with Gasteiger partial charge in [-0.2, -0.15) is 5.10 Å². The highest BCUT2D eigenvalue weighted by molar-refractivity contribution is 7.99. The van der Waals surface area contributed by atoms with Gasteiger partial charge in [-0.25, -0.2) is 9.48 Å². The summed E-state index contributed by atoms with van der Waals surface area (Å²) in [5.74, 6) is -0.0409. The largest absolute Gasteiger partial charge is 0.477 e. The zero-order valence-corrected chi connectivity index (χ0v) is 10.8. The van der Waals surface area contributed by atoms with Crippen LogP contribution in [0.4, 0.5) is 5.82 Å². The van der Waals surface area contributed by atoms with Crippen molar-refractivity contribution in [3.63, 3.8) is 0 Å². The lowest BCUT2D eigenvalue weighted by atomic mass is 10.1. The van der Waals surface area contributed by atoms with E-state index >= 15 is 0 Å². The molecule has 0 radical (unpaired) electrons. The lowest BCUT2D eigenvalue weighted by Crippen LogP contribution is -2.25. The molecule has 0 aromatic carbocycles. The molecule has 1 rings (SSSR count). The van der Waals surface area contributed by atoms with Crippen molar-refractivity contribution in [3.05, 3.63) is 5.56 Å². The summed E-state index contributed by atoms with van der Waals surface area (Å²) >= 11 is 1.39. The first-order valence-electron chi connectivity index (χ1n) is 5.04. The maximum atomic E-state index is 11.1. The van der Waals surface area contributed by atoms with Crippen molar-refractivity contribution < 1.29 is 9.90 Å². The smallest absolute Gasteiger partial charge is 0.342 e. The van der Waals surface area contributed by atoms with E-state index in [9.17, 15) is 4.79 Å². The topological polar surface area (TPSA) is 81.1 Å². The highest BCUT2D eigenvalue weighted by atomic mass is 32.2. The van der Waals surface area contributed by atoms with Gasteiger partial charge in [-0.3, -0.25) is 0 Å². The van der Waals surface area contributed by atoms with Crippen LogP contribution >= 0.6 is 11.8 Å². The van der Waals surface area contributed by atoms with Crippen LogP contribution in [-0.4, -0.2) is 26.6 Å². The molecule has 0 fully saturated rings. The minimum atomic E-state index is -1.02. The predicted octanol–water partition coefficient (Wildman–Crippen LogP) is 2.03. The molecule has 0 amide bonds. The van der Waals surface area contributed by atoms with Gasteiger partial charge in [0.1, 0.15) is 16.4 Å². The van der Waals surface area contributed by atoms with Crippen molar-refractivity contribution >= 4 is 23.5 Å². The zero-order chi connectivity index (χ0) is 12.5. The van der Waals surface area contributed by atoms with Gasteiger partial charge in [-0.15, -0.1) is 11.8 Å². The maximum Gasteiger partial charge on any atom is 0.342 e. The van der Waals surface area contributed by atoms with Crippen molar-refractivity contribution in [3.8, 4) is 0 Å². The molecule has 0 aliphatic rings. The molecule has 90 valence electrons. The molecule has 0 spiro atoms. The molecule has 16 heavy (non-hydrogen) atoms. The Balaban J connectivity index is 3.36. The molecule has 3 N–H and O–H groups in total. The number of carboxylic acids is 1. The summed E-state index contributed by atoms with van der Waals surface area (Å²) in [7, 11) is 0. The van der Waals surface area contributed by atoms with Gasteiger partial charge >= 0.3 is 5.97 Å². The van der Waals surface area contributed by atoms with Crippen molar-refractivity contribution in [2.75, 3.05) is 11.5 Å². The molecule has 0 saturated carbocycles. The van der Waals surface area contributed by atoms with E-state index in [1.165, 1.54) is 11.8 Å². The minimum Gasteiger partial charge on any atom is -0.477 e. The molecule has 5 nitrogen and oxygen atoms in total. The van der Waals surface area contributed by atoms with Gasteiger partial charge in [0, 0.05) is 0 Å². The Morgan fingerprint density at radius 1 is 1.56 bits per heavy atom. The Kier molecular flexibility index (Phi) is 3.52. The number of carboxylic acid groups (broad SMARTS) is 1. The quantitative estimate of drug-likeness (QED) is 0.794. The van der Waals surface area contributed by atoms with E-state index in [1.54, 1.807) is 4.68 Å². The van der Waals surface area contributed by atoms with Gasteiger partial charge in [-0.05, 0) is 26.5 Å². The van der Waals surface area contributed by atoms with Crippen LogP contribution < -0.4 is 5.73 Å². The van der Waals surface area contributed by atoms with E-state index < -0.39 is 5.97 Å². The van der Waals surface area contributed by atoms with Crippen molar-refractivity contribution in [1.29, 1.82) is 0 Å². The maximum absolute atomic E-state index is 11.1. The fraction of sp³-hybridized carbons (Fsp3) is 0.600. The Labute approximate surface area is 99.0 Å². The molecule has 0 atom stereocenters. The third-order valence-electron chi connectivity index (χ3n) is 2.02. The predicted molar refractivity (Wildman–Crippen MR) is 65.0 cm³/mol. The fourth-order valence-corrected chi connectivity index (χ4v) is 2.11. The Morgan fingerprint density at radius 3 is 2.50 bits per heavy atom. The molecule has 6 heteroatoms. The fourth-order valence-electron chi connectivity index (χ4n) is 1.36. The van der Waals surface area contributed by atoms with E-state index in [0.717, 1.165) is 5.75 Å². The first kappa shape index (κ1) is 12.9. The summed E-state index contributed by atoms with van der Waals surface area (Å²) in [4.78, 5) is 11.1. The Hall–Kier alpha value is -1.17. The molecule has 0 aliphatic heterocycles. The van der Waals surface area contributed by atoms with Crippen molar-refractivity contribution in [1.82, 2.24) is 9.78 Å². The van der Waals surface area contributed by atoms with Crippen LogP contribution in [-0.2, 0) is 5.54 Å². The second kappa shape index (κ2) is 4.37. The standard InChI is InChI=1S/C10H17N3O2S/c1-5-16-8-6(9(14)15)7(11)13(12-8)10(2,3)4/h5,11H2,1-4H3,(H,14,15). The first-order valence-corrected chi connectivity index (χ1v) is 6.02. The number of aromatic carboxylic acids is 1. The molecule has 0 saturated heterocycles. The normalized spacial score (nSPS) is 11.8. The molecule has 0 aliphatic carbocycles. The number of nitrogens with two attached hydrogens (primary N) is 1. The number of nitrogens with zero attached hydrogens (tertiary/aromatic N) is 2. The number of carbonyl (C=O) groups is 1. The van der Waals surface area contributed by atoms with Gasteiger partial charge in [0.15, 0.2) is 0 Å². The summed E-state index contributed by atoms with van der Waals surface area (Å²) in [5, 5.41) is 13.9. The van der Waals surface area contributed by atoms with Crippen LogP contribution in [0.1, 0.15) is 38.1 Å². The third kappa shape index (κ3) is 2.32. The Bertz CT molecular complexity index is 407. The van der Waals surface area contributed by atoms with Crippen LogP contribution in [0.15, 0.2) is 5.03 Å². The summed E-state index contributed by atoms with van der Waals surface area (Å²) in [6.45, 7) is 7.75. The summed E-state index contributed by atoms with van der Waals surface area (Å²) in [6, 6.07) is 0. The van der Waals surface area contributed by atoms with Crippen LogP contribution in [0.3, 0.4) is 0 Å². The number of hydrogen-bond acceptors (Lipinski definition) is 4. The number of anilines is 1. The lowest BCUT2D eigenvalue weighted by Gasteiger charge is -2.20. The van der Waals surface area contributed by atoms with E-state index in [4.69, 9.17) is 10.8 Å². The van der Waals surface area contributed by atoms with Crippen molar-refractivity contribution in [2.24, 2.45) is 0 Å². The minimum absolute atomic E-state index is 0.113. The van der Waals surface area contributed by atoms with Crippen LogP contribution in [0, 0.1) is 0 Å². The number of rotatable bonds is 3. The highest BCUT2D eigenvalue weighted by Gasteiger charge is 2.26. The van der Waals surface area contributed by atoms with E-state index in [0.29, 0.717) is 5.03 Å². The number of hydrogen-bond donors (Lipinski definition) is 2. The molecule has 0 unspecified atom stereocenters. The average molecular weight is 243 g/mol. The van der Waals surface area contributed by atoms with Gasteiger partial charge < -0.3 is 10.8 Å². The van der Waals surface area contributed by atoms with Crippen LogP contribution in [0.25, 0.3) is 0 Å². The first-order chi connectivity index (χ1) is 7.29. The van der Waals surface area contributed by atoms with Crippen LogP contribution in [0.2, 0.25) is 0 Å². The third-order valence-corrected chi connectivity index (χ3v) is 2.87. The number of nitrogen functional groups attached to an aromatic ring is 1. The molecule has 1 heterocycles. The van der Waals surface area contributed by atoms with Gasteiger partial charge in [0.2, 0.25) is 0 Å². The Morgan fingerprint density at radius 2 is 2.12 bits per heavy atom. The second-order valence-electron chi connectivity index (χ2n) is 4.39. The number of aromatic nitrogens is 2. The molecule has 1 aromatic heterocycles. The average Bonchev–Trinajstić information content (AvgIpc) is 2.42. The van der Waals surface area contributed by atoms with Gasteiger partial charge in [-0.1, -0.05) is 6.92 Å². The SMILES string of the molecule is CCSc1nn(C(C)(C)C)c(N)c1C(=O)O. The van der Waals surface area contributed by atoms with E-state index in [-0.39, 0.29) is 16.9 Å². The molecular weight excluding hydrogens is 226 g/mol.